The average molecular weight is 275 g/mol. The van der Waals surface area contributed by atoms with Gasteiger partial charge in [-0.25, -0.2) is 0 Å². The smallest absolute Gasteiger partial charge is 0.122 e. The first-order valence-electron chi connectivity index (χ1n) is 7.17. The fraction of sp³-hybridized carbons (Fsp3) is 0.562. The van der Waals surface area contributed by atoms with Gasteiger partial charge in [0.1, 0.15) is 5.75 Å². The summed E-state index contributed by atoms with van der Waals surface area (Å²) in [6.07, 6.45) is 1.53. The molecule has 4 nitrogen and oxygen atoms in total. The molecule has 0 radical (unpaired) electrons. The van der Waals surface area contributed by atoms with Gasteiger partial charge in [-0.3, -0.25) is 0 Å². The van der Waals surface area contributed by atoms with Crippen molar-refractivity contribution in [3.05, 3.63) is 23.8 Å². The molecule has 0 amide bonds. The van der Waals surface area contributed by atoms with E-state index in [9.17, 15) is 5.11 Å². The number of phenolic OH excluding ortho intramolecular Hbond substituents is 1. The van der Waals surface area contributed by atoms with Crippen LogP contribution in [0.25, 0.3) is 0 Å². The van der Waals surface area contributed by atoms with Gasteiger partial charge >= 0.3 is 0 Å². The highest BCUT2D eigenvalue weighted by Crippen LogP contribution is 2.29. The summed E-state index contributed by atoms with van der Waals surface area (Å²) in [7, 11) is 1.94. The molecule has 0 fully saturated rings. The lowest BCUT2D eigenvalue weighted by atomic mass is 10.1. The van der Waals surface area contributed by atoms with Gasteiger partial charge in [0.2, 0.25) is 0 Å². The Hall–Kier alpha value is -1.73. The van der Waals surface area contributed by atoms with E-state index in [0.29, 0.717) is 12.2 Å². The Morgan fingerprint density at radius 3 is 2.65 bits per heavy atom. The zero-order chi connectivity index (χ0) is 15.1. The van der Waals surface area contributed by atoms with Gasteiger partial charge in [-0.2, -0.15) is 5.26 Å². The Kier molecular flexibility index (Phi) is 6.33. The van der Waals surface area contributed by atoms with Crippen LogP contribution in [0.4, 0.5) is 5.69 Å². The second kappa shape index (κ2) is 7.76. The van der Waals surface area contributed by atoms with Crippen LogP contribution >= 0.6 is 0 Å². The van der Waals surface area contributed by atoms with Gasteiger partial charge in [-0.15, -0.1) is 0 Å². The molecule has 0 aromatic heterocycles. The molecule has 0 saturated carbocycles. The van der Waals surface area contributed by atoms with Gasteiger partial charge < -0.3 is 15.3 Å². The second-order valence-electron chi connectivity index (χ2n) is 5.24. The first kappa shape index (κ1) is 16.3. The number of phenols is 1. The summed E-state index contributed by atoms with van der Waals surface area (Å²) >= 11 is 0. The van der Waals surface area contributed by atoms with E-state index >= 15 is 0 Å². The van der Waals surface area contributed by atoms with Gasteiger partial charge in [0.25, 0.3) is 0 Å². The average Bonchev–Trinajstić information content (AvgIpc) is 2.44. The lowest BCUT2D eigenvalue weighted by molar-refractivity contribution is 0.452. The summed E-state index contributed by atoms with van der Waals surface area (Å²) in [6.45, 7) is 7.10. The topological polar surface area (TPSA) is 59.3 Å². The third kappa shape index (κ3) is 4.14. The fourth-order valence-electron chi connectivity index (χ4n) is 2.11. The largest absolute Gasteiger partial charge is 0.508 e. The molecule has 20 heavy (non-hydrogen) atoms. The van der Waals surface area contributed by atoms with Gasteiger partial charge in [0.15, 0.2) is 0 Å². The minimum Gasteiger partial charge on any atom is -0.508 e. The standard InChI is InChI=1S/C16H25N3O/c1-5-10-18-13(3)15-7-6-14(11-16(15)20)19(4)12(2)8-9-17/h6-7,11-13,18,20H,5,8,10H2,1-4H3. The Morgan fingerprint density at radius 1 is 1.40 bits per heavy atom. The van der Waals surface area contributed by atoms with E-state index in [4.69, 9.17) is 5.26 Å². The van der Waals surface area contributed by atoms with Crippen molar-refractivity contribution in [2.45, 2.75) is 45.7 Å². The van der Waals surface area contributed by atoms with Crippen molar-refractivity contribution >= 4 is 5.69 Å². The molecular formula is C16H25N3O. The molecule has 0 aliphatic carbocycles. The lowest BCUT2D eigenvalue weighted by Crippen LogP contribution is -2.28. The Balaban J connectivity index is 2.85. The minimum absolute atomic E-state index is 0.126. The maximum Gasteiger partial charge on any atom is 0.122 e. The van der Waals surface area contributed by atoms with Gasteiger partial charge in [0.05, 0.1) is 12.5 Å². The molecule has 0 heterocycles. The number of anilines is 1. The highest BCUT2D eigenvalue weighted by molar-refractivity contribution is 5.54. The first-order chi connectivity index (χ1) is 9.51. The molecular weight excluding hydrogens is 250 g/mol. The molecule has 0 aliphatic rings. The van der Waals surface area contributed by atoms with Crippen molar-refractivity contribution in [2.24, 2.45) is 0 Å². The van der Waals surface area contributed by atoms with E-state index in [0.717, 1.165) is 24.2 Å². The van der Waals surface area contributed by atoms with Crippen molar-refractivity contribution < 1.29 is 5.11 Å². The molecule has 110 valence electrons. The predicted octanol–water partition coefficient (Wildman–Crippen LogP) is 3.19. The molecule has 0 aliphatic heterocycles. The summed E-state index contributed by atoms with van der Waals surface area (Å²) in [5.74, 6) is 0.301. The number of nitriles is 1. The van der Waals surface area contributed by atoms with Crippen molar-refractivity contribution in [2.75, 3.05) is 18.5 Å². The fourth-order valence-corrected chi connectivity index (χ4v) is 2.11. The third-order valence-corrected chi connectivity index (χ3v) is 3.64. The normalized spacial score (nSPS) is 13.6. The van der Waals surface area contributed by atoms with Crippen LogP contribution in [-0.4, -0.2) is 24.7 Å². The maximum absolute atomic E-state index is 10.2. The number of rotatable bonds is 7. The molecule has 2 atom stereocenters. The number of aromatic hydroxyl groups is 1. The Labute approximate surface area is 122 Å². The molecule has 0 spiro atoms. The summed E-state index contributed by atoms with van der Waals surface area (Å²) in [6, 6.07) is 8.14. The summed E-state index contributed by atoms with van der Waals surface area (Å²) in [4.78, 5) is 2.01. The van der Waals surface area contributed by atoms with Crippen molar-refractivity contribution in [3.8, 4) is 11.8 Å². The van der Waals surface area contributed by atoms with E-state index in [-0.39, 0.29) is 12.1 Å². The second-order valence-corrected chi connectivity index (χ2v) is 5.24. The molecule has 0 saturated heterocycles. The Morgan fingerprint density at radius 2 is 2.10 bits per heavy atom. The van der Waals surface area contributed by atoms with Crippen LogP contribution in [0, 0.1) is 11.3 Å². The molecule has 4 heteroatoms. The SMILES string of the molecule is CCCNC(C)c1ccc(N(C)C(C)CC#N)cc1O. The van der Waals surface area contributed by atoms with Crippen LogP contribution in [0.5, 0.6) is 5.75 Å². The van der Waals surface area contributed by atoms with Crippen LogP contribution < -0.4 is 10.2 Å². The highest BCUT2D eigenvalue weighted by atomic mass is 16.3. The summed E-state index contributed by atoms with van der Waals surface area (Å²) in [5.41, 5.74) is 1.83. The van der Waals surface area contributed by atoms with E-state index in [1.807, 2.05) is 37.9 Å². The maximum atomic E-state index is 10.2. The summed E-state index contributed by atoms with van der Waals surface area (Å²) in [5, 5.41) is 22.3. The van der Waals surface area contributed by atoms with Crippen LogP contribution in [0.15, 0.2) is 18.2 Å². The number of hydrogen-bond acceptors (Lipinski definition) is 4. The van der Waals surface area contributed by atoms with Crippen molar-refractivity contribution in [3.63, 3.8) is 0 Å². The molecule has 1 aromatic rings. The zero-order valence-corrected chi connectivity index (χ0v) is 12.8. The van der Waals surface area contributed by atoms with Gasteiger partial charge in [-0.05, 0) is 32.9 Å². The summed E-state index contributed by atoms with van der Waals surface area (Å²) < 4.78 is 0. The van der Waals surface area contributed by atoms with E-state index in [1.54, 1.807) is 6.07 Å². The van der Waals surface area contributed by atoms with Crippen molar-refractivity contribution in [1.29, 1.82) is 5.26 Å². The van der Waals surface area contributed by atoms with E-state index in [1.165, 1.54) is 0 Å². The highest BCUT2D eigenvalue weighted by Gasteiger charge is 2.14. The van der Waals surface area contributed by atoms with Crippen LogP contribution in [-0.2, 0) is 0 Å². The molecule has 0 bridgehead atoms. The number of nitrogens with zero attached hydrogens (tertiary/aromatic N) is 2. The molecule has 1 aromatic carbocycles. The monoisotopic (exact) mass is 275 g/mol. The van der Waals surface area contributed by atoms with Crippen molar-refractivity contribution in [1.82, 2.24) is 5.32 Å². The van der Waals surface area contributed by atoms with Crippen LogP contribution in [0.2, 0.25) is 0 Å². The predicted molar refractivity (Wildman–Crippen MR) is 82.9 cm³/mol. The Bertz CT molecular complexity index is 467. The molecule has 2 unspecified atom stereocenters. The minimum atomic E-state index is 0.126. The lowest BCUT2D eigenvalue weighted by Gasteiger charge is -2.26. The quantitative estimate of drug-likeness (QED) is 0.802. The molecule has 2 N–H and O–H groups in total. The van der Waals surface area contributed by atoms with Gasteiger partial charge in [-0.1, -0.05) is 13.0 Å². The molecule has 1 rings (SSSR count). The zero-order valence-electron chi connectivity index (χ0n) is 12.8. The number of hydrogen-bond donors (Lipinski definition) is 2. The number of nitrogens with one attached hydrogen (secondary N) is 1. The van der Waals surface area contributed by atoms with E-state index in [2.05, 4.69) is 18.3 Å². The van der Waals surface area contributed by atoms with Gasteiger partial charge in [0, 0.05) is 36.4 Å². The third-order valence-electron chi connectivity index (χ3n) is 3.64. The van der Waals surface area contributed by atoms with Crippen LogP contribution in [0.3, 0.4) is 0 Å². The van der Waals surface area contributed by atoms with E-state index < -0.39 is 0 Å². The number of benzene rings is 1. The first-order valence-corrected chi connectivity index (χ1v) is 7.17. The van der Waals surface area contributed by atoms with Crippen LogP contribution in [0.1, 0.15) is 45.2 Å².